The number of benzene rings is 9. The van der Waals surface area contributed by atoms with Crippen molar-refractivity contribution < 1.29 is 4.42 Å². The lowest BCUT2D eigenvalue weighted by Gasteiger charge is -2.13. The summed E-state index contributed by atoms with van der Waals surface area (Å²) in [6, 6.07) is 61.6. The maximum Gasteiger partial charge on any atom is 0.164 e. The van der Waals surface area contributed by atoms with Crippen molar-refractivity contribution in [3.63, 3.8) is 0 Å². The van der Waals surface area contributed by atoms with E-state index in [1.165, 1.54) is 37.7 Å². The largest absolute Gasteiger partial charge is 0.456 e. The molecule has 246 valence electrons. The van der Waals surface area contributed by atoms with Gasteiger partial charge in [0.2, 0.25) is 0 Å². The van der Waals surface area contributed by atoms with Crippen LogP contribution in [-0.2, 0) is 0 Å². The van der Waals surface area contributed by atoms with E-state index in [2.05, 4.69) is 146 Å². The zero-order chi connectivity index (χ0) is 34.9. The lowest BCUT2D eigenvalue weighted by atomic mass is 9.94. The van der Waals surface area contributed by atoms with Gasteiger partial charge >= 0.3 is 0 Å². The van der Waals surface area contributed by atoms with Crippen molar-refractivity contribution in [2.75, 3.05) is 0 Å². The van der Waals surface area contributed by atoms with E-state index < -0.39 is 0 Å². The summed E-state index contributed by atoms with van der Waals surface area (Å²) in [5, 5.41) is 11.6. The third kappa shape index (κ3) is 4.80. The fourth-order valence-corrected chi connectivity index (χ4v) is 7.96. The van der Waals surface area contributed by atoms with Crippen LogP contribution in [0.1, 0.15) is 0 Å². The van der Waals surface area contributed by atoms with Crippen molar-refractivity contribution in [1.82, 2.24) is 15.0 Å². The van der Waals surface area contributed by atoms with E-state index in [1.807, 2.05) is 30.3 Å². The second-order valence-electron chi connectivity index (χ2n) is 13.6. The van der Waals surface area contributed by atoms with Crippen molar-refractivity contribution in [2.45, 2.75) is 0 Å². The normalized spacial score (nSPS) is 11.8. The highest BCUT2D eigenvalue weighted by molar-refractivity contribution is 6.18. The third-order valence-corrected chi connectivity index (χ3v) is 10.5. The Bertz CT molecular complexity index is 3230. The number of aromatic nitrogens is 3. The summed E-state index contributed by atoms with van der Waals surface area (Å²) in [4.78, 5) is 15.7. The van der Waals surface area contributed by atoms with Gasteiger partial charge < -0.3 is 4.42 Å². The number of nitrogens with zero attached hydrogens (tertiary/aromatic N) is 3. The molecule has 4 heteroatoms. The Balaban J connectivity index is 1.19. The number of fused-ring (bicyclic) bond motifs is 9. The van der Waals surface area contributed by atoms with Crippen LogP contribution in [-0.4, -0.2) is 15.0 Å². The lowest BCUT2D eigenvalue weighted by molar-refractivity contribution is 0.669. The molecule has 0 N–H and O–H groups in total. The standard InChI is InChI=1S/C49H29N3O/c1-2-13-33(14-3-1)47-50-48(34-22-21-32-24-25-39-37-17-7-5-12-31(37)23-26-40(39)42(32)27-34)52-49(51-47)43-28-35(38-19-10-15-30-11-4-6-16-36(30)38)29-45-46(43)41-18-8-9-20-44(41)53-45/h1-29H. The van der Waals surface area contributed by atoms with E-state index in [0.717, 1.165) is 55.1 Å². The van der Waals surface area contributed by atoms with Gasteiger partial charge in [0.15, 0.2) is 17.5 Å². The van der Waals surface area contributed by atoms with Gasteiger partial charge in [0.25, 0.3) is 0 Å². The number of hydrogen-bond acceptors (Lipinski definition) is 4. The fourth-order valence-electron chi connectivity index (χ4n) is 7.96. The molecule has 0 radical (unpaired) electrons. The van der Waals surface area contributed by atoms with E-state index in [0.29, 0.717) is 17.5 Å². The second kappa shape index (κ2) is 11.7. The van der Waals surface area contributed by atoms with Crippen LogP contribution in [0.4, 0.5) is 0 Å². The number of rotatable bonds is 4. The number of para-hydroxylation sites is 1. The van der Waals surface area contributed by atoms with Crippen LogP contribution in [0.5, 0.6) is 0 Å². The highest BCUT2D eigenvalue weighted by atomic mass is 16.3. The van der Waals surface area contributed by atoms with Crippen LogP contribution in [0.15, 0.2) is 180 Å². The summed E-state index contributed by atoms with van der Waals surface area (Å²) in [5.41, 5.74) is 6.53. The minimum Gasteiger partial charge on any atom is -0.456 e. The minimum absolute atomic E-state index is 0.594. The molecule has 0 aliphatic heterocycles. The predicted molar refractivity (Wildman–Crippen MR) is 219 cm³/mol. The Morgan fingerprint density at radius 3 is 1.74 bits per heavy atom. The van der Waals surface area contributed by atoms with Gasteiger partial charge in [-0.1, -0.05) is 152 Å². The summed E-state index contributed by atoms with van der Waals surface area (Å²) >= 11 is 0. The Hall–Kier alpha value is -7.17. The molecule has 0 saturated carbocycles. The van der Waals surface area contributed by atoms with E-state index in [-0.39, 0.29) is 0 Å². The van der Waals surface area contributed by atoms with Crippen LogP contribution >= 0.6 is 0 Å². The van der Waals surface area contributed by atoms with Gasteiger partial charge in [0.05, 0.1) is 0 Å². The summed E-state index contributed by atoms with van der Waals surface area (Å²) in [5.74, 6) is 1.83. The van der Waals surface area contributed by atoms with Gasteiger partial charge in [-0.15, -0.1) is 0 Å². The average Bonchev–Trinajstić information content (AvgIpc) is 3.61. The van der Waals surface area contributed by atoms with Crippen LogP contribution in [0.25, 0.3) is 110 Å². The van der Waals surface area contributed by atoms with Crippen molar-refractivity contribution in [3.8, 4) is 45.3 Å². The summed E-state index contributed by atoms with van der Waals surface area (Å²) in [6.07, 6.45) is 0. The van der Waals surface area contributed by atoms with Crippen molar-refractivity contribution >= 4 is 65.0 Å². The number of furan rings is 1. The summed E-state index contributed by atoms with van der Waals surface area (Å²) in [7, 11) is 0. The smallest absolute Gasteiger partial charge is 0.164 e. The highest BCUT2D eigenvalue weighted by Crippen LogP contribution is 2.41. The molecular formula is C49H29N3O. The van der Waals surface area contributed by atoms with Crippen LogP contribution in [0.2, 0.25) is 0 Å². The van der Waals surface area contributed by atoms with Crippen LogP contribution in [0, 0.1) is 0 Å². The molecule has 2 aromatic heterocycles. The first-order valence-corrected chi connectivity index (χ1v) is 17.9. The molecule has 0 aliphatic carbocycles. The molecule has 0 amide bonds. The molecule has 53 heavy (non-hydrogen) atoms. The Morgan fingerprint density at radius 2 is 0.906 bits per heavy atom. The van der Waals surface area contributed by atoms with Crippen LogP contribution < -0.4 is 0 Å². The Morgan fingerprint density at radius 1 is 0.302 bits per heavy atom. The summed E-state index contributed by atoms with van der Waals surface area (Å²) < 4.78 is 6.57. The molecule has 11 aromatic rings. The van der Waals surface area contributed by atoms with E-state index in [9.17, 15) is 0 Å². The first-order valence-electron chi connectivity index (χ1n) is 17.9. The topological polar surface area (TPSA) is 51.8 Å². The monoisotopic (exact) mass is 675 g/mol. The fraction of sp³-hybridized carbons (Fsp3) is 0. The van der Waals surface area contributed by atoms with Gasteiger partial charge in [-0.2, -0.15) is 0 Å². The molecule has 11 rings (SSSR count). The van der Waals surface area contributed by atoms with Crippen molar-refractivity contribution in [2.24, 2.45) is 0 Å². The number of hydrogen-bond donors (Lipinski definition) is 0. The van der Waals surface area contributed by atoms with Crippen molar-refractivity contribution in [1.29, 1.82) is 0 Å². The predicted octanol–water partition coefficient (Wildman–Crippen LogP) is 13.1. The Kier molecular flexibility index (Phi) is 6.52. The van der Waals surface area contributed by atoms with Crippen LogP contribution in [0.3, 0.4) is 0 Å². The molecular weight excluding hydrogens is 647 g/mol. The molecule has 0 atom stereocenters. The molecule has 0 fully saturated rings. The molecule has 0 aliphatic rings. The molecule has 9 aromatic carbocycles. The molecule has 0 saturated heterocycles. The van der Waals surface area contributed by atoms with Gasteiger partial charge in [0.1, 0.15) is 11.2 Å². The maximum absolute atomic E-state index is 6.57. The minimum atomic E-state index is 0.594. The molecule has 0 spiro atoms. The molecule has 2 heterocycles. The quantitative estimate of drug-likeness (QED) is 0.174. The maximum atomic E-state index is 6.57. The van der Waals surface area contributed by atoms with Gasteiger partial charge in [-0.05, 0) is 78.5 Å². The zero-order valence-electron chi connectivity index (χ0n) is 28.5. The molecule has 0 unspecified atom stereocenters. The van der Waals surface area contributed by atoms with Gasteiger partial charge in [-0.25, -0.2) is 15.0 Å². The average molecular weight is 676 g/mol. The van der Waals surface area contributed by atoms with Crippen molar-refractivity contribution in [3.05, 3.63) is 176 Å². The van der Waals surface area contributed by atoms with Gasteiger partial charge in [0, 0.05) is 27.5 Å². The highest BCUT2D eigenvalue weighted by Gasteiger charge is 2.20. The van der Waals surface area contributed by atoms with E-state index >= 15 is 0 Å². The Labute approximate surface area is 304 Å². The SMILES string of the molecule is c1ccc(-c2nc(-c3ccc4ccc5c6ccccc6ccc5c4c3)nc(-c3cc(-c4cccc5ccccc45)cc4oc5ccccc5c34)n2)cc1. The lowest BCUT2D eigenvalue weighted by Crippen LogP contribution is -2.01. The first-order chi connectivity index (χ1) is 26.2. The molecule has 4 nitrogen and oxygen atoms in total. The third-order valence-electron chi connectivity index (χ3n) is 10.5. The second-order valence-corrected chi connectivity index (χ2v) is 13.6. The first kappa shape index (κ1) is 29.5. The summed E-state index contributed by atoms with van der Waals surface area (Å²) in [6.45, 7) is 0. The van der Waals surface area contributed by atoms with E-state index in [1.54, 1.807) is 0 Å². The van der Waals surface area contributed by atoms with Gasteiger partial charge in [-0.3, -0.25) is 0 Å². The van der Waals surface area contributed by atoms with E-state index in [4.69, 9.17) is 19.4 Å². The zero-order valence-corrected chi connectivity index (χ0v) is 28.5. The molecule has 0 bridgehead atoms.